The predicted octanol–water partition coefficient (Wildman–Crippen LogP) is 7.07. The third-order valence-corrected chi connectivity index (χ3v) is 11.1. The lowest BCUT2D eigenvalue weighted by Crippen LogP contribution is -2.59. The largest absolute Gasteiger partial charge is 0.349 e. The molecule has 0 spiro atoms. The SMILES string of the molecule is Cc1ccc(C(=O)[C@H]2CC[C@H]3[C@@H]4CC[C@H]5NC(=O)C=C[C@]5(C)[C@H]4CC[C@]23C)c(-c2ccccc2)c1C. The molecule has 3 fully saturated rings. The van der Waals surface area contributed by atoms with Gasteiger partial charge in [-0.05, 0) is 104 Å². The maximum absolute atomic E-state index is 14.4. The molecule has 1 heterocycles. The fourth-order valence-corrected chi connectivity index (χ4v) is 8.95. The van der Waals surface area contributed by atoms with Crippen molar-refractivity contribution in [3.8, 4) is 11.1 Å². The third-order valence-electron chi connectivity index (χ3n) is 11.1. The van der Waals surface area contributed by atoms with Gasteiger partial charge in [0.05, 0.1) is 0 Å². The van der Waals surface area contributed by atoms with Gasteiger partial charge in [-0.25, -0.2) is 0 Å². The van der Waals surface area contributed by atoms with E-state index in [0.717, 1.165) is 48.8 Å². The summed E-state index contributed by atoms with van der Waals surface area (Å²) in [5.74, 6) is 2.30. The van der Waals surface area contributed by atoms with E-state index in [4.69, 9.17) is 0 Å². The van der Waals surface area contributed by atoms with E-state index in [1.54, 1.807) is 6.08 Å². The molecule has 3 heteroatoms. The van der Waals surface area contributed by atoms with Gasteiger partial charge in [-0.3, -0.25) is 9.59 Å². The molecule has 2 aromatic carbocycles. The highest BCUT2D eigenvalue weighted by Gasteiger charge is 2.60. The third kappa shape index (κ3) is 3.38. The molecular formula is C33H39NO2. The van der Waals surface area contributed by atoms with Gasteiger partial charge in [-0.2, -0.15) is 0 Å². The Morgan fingerprint density at radius 1 is 0.917 bits per heavy atom. The molecule has 1 N–H and O–H groups in total. The smallest absolute Gasteiger partial charge is 0.243 e. The highest BCUT2D eigenvalue weighted by Crippen LogP contribution is 2.65. The number of aryl methyl sites for hydroxylation is 1. The second-order valence-corrected chi connectivity index (χ2v) is 12.5. The van der Waals surface area contributed by atoms with Crippen LogP contribution in [0, 0.1) is 48.3 Å². The maximum Gasteiger partial charge on any atom is 0.243 e. The Bertz CT molecular complexity index is 1250. The summed E-state index contributed by atoms with van der Waals surface area (Å²) < 4.78 is 0. The lowest BCUT2D eigenvalue weighted by Gasteiger charge is -2.58. The molecule has 7 atom stereocenters. The number of hydrogen-bond acceptors (Lipinski definition) is 2. The molecular weight excluding hydrogens is 442 g/mol. The number of Topliss-reactive ketones (excluding diaryl/α,β-unsaturated/α-hetero) is 1. The van der Waals surface area contributed by atoms with Crippen LogP contribution in [0.2, 0.25) is 0 Å². The van der Waals surface area contributed by atoms with Crippen molar-refractivity contribution in [1.82, 2.24) is 5.32 Å². The van der Waals surface area contributed by atoms with Crippen LogP contribution < -0.4 is 5.32 Å². The minimum atomic E-state index is 0.0365. The predicted molar refractivity (Wildman–Crippen MR) is 145 cm³/mol. The minimum Gasteiger partial charge on any atom is -0.349 e. The van der Waals surface area contributed by atoms with Crippen molar-refractivity contribution in [2.24, 2.45) is 34.5 Å². The van der Waals surface area contributed by atoms with Crippen LogP contribution in [0.5, 0.6) is 0 Å². The zero-order chi connectivity index (χ0) is 25.2. The van der Waals surface area contributed by atoms with Crippen LogP contribution in [0.1, 0.15) is 73.9 Å². The molecule has 3 nitrogen and oxygen atoms in total. The first-order chi connectivity index (χ1) is 17.2. The molecule has 0 bridgehead atoms. The number of carbonyl (C=O) groups is 2. The van der Waals surface area contributed by atoms with Crippen LogP contribution in [0.15, 0.2) is 54.6 Å². The summed E-state index contributed by atoms with van der Waals surface area (Å²) in [6.45, 7) is 9.10. The van der Waals surface area contributed by atoms with Crippen LogP contribution in [-0.4, -0.2) is 17.7 Å². The van der Waals surface area contributed by atoms with E-state index in [2.05, 4.69) is 75.5 Å². The summed E-state index contributed by atoms with van der Waals surface area (Å²) in [4.78, 5) is 26.4. The van der Waals surface area contributed by atoms with Crippen molar-refractivity contribution >= 4 is 11.7 Å². The summed E-state index contributed by atoms with van der Waals surface area (Å²) in [7, 11) is 0. The van der Waals surface area contributed by atoms with Crippen molar-refractivity contribution in [3.63, 3.8) is 0 Å². The summed E-state index contributed by atoms with van der Waals surface area (Å²) in [5.41, 5.74) is 5.71. The van der Waals surface area contributed by atoms with Crippen molar-refractivity contribution in [2.75, 3.05) is 0 Å². The fourth-order valence-electron chi connectivity index (χ4n) is 8.95. The lowest BCUT2D eigenvalue weighted by molar-refractivity contribution is -0.122. The number of carbonyl (C=O) groups excluding carboxylic acids is 2. The van der Waals surface area contributed by atoms with Gasteiger partial charge in [-0.15, -0.1) is 0 Å². The Morgan fingerprint density at radius 2 is 1.69 bits per heavy atom. The second kappa shape index (κ2) is 8.43. The number of ketones is 1. The summed E-state index contributed by atoms with van der Waals surface area (Å²) >= 11 is 0. The normalized spacial score (nSPS) is 37.0. The van der Waals surface area contributed by atoms with Gasteiger partial charge in [0.15, 0.2) is 5.78 Å². The minimum absolute atomic E-state index is 0.0365. The molecule has 1 aliphatic heterocycles. The highest BCUT2D eigenvalue weighted by molar-refractivity contribution is 6.05. The lowest BCUT2D eigenvalue weighted by atomic mass is 9.47. The maximum atomic E-state index is 14.4. The molecule has 3 aliphatic carbocycles. The molecule has 0 radical (unpaired) electrons. The van der Waals surface area contributed by atoms with Gasteiger partial charge in [0.25, 0.3) is 0 Å². The van der Waals surface area contributed by atoms with E-state index < -0.39 is 0 Å². The molecule has 2 aromatic rings. The van der Waals surface area contributed by atoms with E-state index in [1.165, 1.54) is 17.5 Å². The van der Waals surface area contributed by atoms with E-state index in [1.807, 2.05) is 6.07 Å². The van der Waals surface area contributed by atoms with Crippen molar-refractivity contribution in [2.45, 2.75) is 72.3 Å². The molecule has 36 heavy (non-hydrogen) atoms. The number of amides is 1. The molecule has 0 unspecified atom stereocenters. The standard InChI is InChI=1S/C33H39NO2/c1-20-10-11-24(30(21(20)2)22-8-6-5-7-9-22)31(36)27-14-13-25-23-12-15-28-33(4,19-17-29(35)34-28)26(23)16-18-32(25,27)3/h5-11,17,19,23,25-28H,12-16,18H2,1-4H3,(H,34,35)/t23-,25-,26-,27+,28+,32-,33+/m0/s1. The summed E-state index contributed by atoms with van der Waals surface area (Å²) in [6, 6.07) is 14.9. The Kier molecular flexibility index (Phi) is 5.55. The van der Waals surface area contributed by atoms with Gasteiger partial charge in [0.2, 0.25) is 5.91 Å². The van der Waals surface area contributed by atoms with Crippen LogP contribution in [0.3, 0.4) is 0 Å². The monoisotopic (exact) mass is 481 g/mol. The van der Waals surface area contributed by atoms with Crippen molar-refractivity contribution in [1.29, 1.82) is 0 Å². The van der Waals surface area contributed by atoms with E-state index >= 15 is 0 Å². The van der Waals surface area contributed by atoms with E-state index in [9.17, 15) is 9.59 Å². The molecule has 3 saturated carbocycles. The van der Waals surface area contributed by atoms with Gasteiger partial charge in [-0.1, -0.05) is 62.4 Å². The molecule has 4 aliphatic rings. The zero-order valence-corrected chi connectivity index (χ0v) is 22.1. The summed E-state index contributed by atoms with van der Waals surface area (Å²) in [6.07, 6.45) is 10.6. The zero-order valence-electron chi connectivity index (χ0n) is 22.1. The molecule has 1 amide bonds. The topological polar surface area (TPSA) is 46.2 Å². The van der Waals surface area contributed by atoms with Gasteiger partial charge in [0.1, 0.15) is 0 Å². The summed E-state index contributed by atoms with van der Waals surface area (Å²) in [5, 5.41) is 3.26. The van der Waals surface area contributed by atoms with Crippen LogP contribution >= 0.6 is 0 Å². The van der Waals surface area contributed by atoms with Gasteiger partial charge >= 0.3 is 0 Å². The number of nitrogens with one attached hydrogen (secondary N) is 1. The number of benzene rings is 2. The fraction of sp³-hybridized carbons (Fsp3) is 0.515. The van der Waals surface area contributed by atoms with Crippen molar-refractivity contribution < 1.29 is 9.59 Å². The number of rotatable bonds is 3. The quantitative estimate of drug-likeness (QED) is 0.477. The van der Waals surface area contributed by atoms with E-state index in [-0.39, 0.29) is 28.7 Å². The second-order valence-electron chi connectivity index (χ2n) is 12.5. The Balaban J connectivity index is 1.34. The molecule has 0 aromatic heterocycles. The average Bonchev–Trinajstić information content (AvgIpc) is 3.23. The number of hydrogen-bond donors (Lipinski definition) is 1. The first kappa shape index (κ1) is 23.7. The molecule has 0 saturated heterocycles. The molecule has 6 rings (SSSR count). The Hall–Kier alpha value is -2.68. The molecule has 188 valence electrons. The van der Waals surface area contributed by atoms with Gasteiger partial charge < -0.3 is 5.32 Å². The average molecular weight is 482 g/mol. The first-order valence-electron chi connectivity index (χ1n) is 13.9. The first-order valence-corrected chi connectivity index (χ1v) is 13.9. The Labute approximate surface area is 215 Å². The van der Waals surface area contributed by atoms with E-state index in [0.29, 0.717) is 23.5 Å². The van der Waals surface area contributed by atoms with Crippen molar-refractivity contribution in [3.05, 3.63) is 71.3 Å². The van der Waals surface area contributed by atoms with Gasteiger partial charge in [0, 0.05) is 22.9 Å². The Morgan fingerprint density at radius 3 is 2.47 bits per heavy atom. The van der Waals surface area contributed by atoms with Crippen LogP contribution in [0.4, 0.5) is 0 Å². The van der Waals surface area contributed by atoms with Crippen LogP contribution in [-0.2, 0) is 4.79 Å². The van der Waals surface area contributed by atoms with Crippen LogP contribution in [0.25, 0.3) is 11.1 Å². The number of fused-ring (bicyclic) bond motifs is 5. The highest BCUT2D eigenvalue weighted by atomic mass is 16.1.